The van der Waals surface area contributed by atoms with Crippen LogP contribution in [0, 0.1) is 13.8 Å². The lowest BCUT2D eigenvalue weighted by Crippen LogP contribution is -2.21. The van der Waals surface area contributed by atoms with Gasteiger partial charge in [-0.3, -0.25) is 4.79 Å². The molecule has 1 N–H and O–H groups in total. The first-order chi connectivity index (χ1) is 11.0. The molecule has 0 spiro atoms. The monoisotopic (exact) mass is 313 g/mol. The number of ether oxygens (including phenoxy) is 2. The SMILES string of the molecule is COC(=O)c1ccc(OCC(=O)Nc2c(C)cccc2C)cc1. The highest BCUT2D eigenvalue weighted by atomic mass is 16.5. The third-order valence-electron chi connectivity index (χ3n) is 3.39. The number of para-hydroxylation sites is 1. The number of aryl methyl sites for hydroxylation is 2. The number of carbonyl (C=O) groups is 2. The second kappa shape index (κ2) is 7.45. The number of benzene rings is 2. The number of amides is 1. The topological polar surface area (TPSA) is 64.6 Å². The van der Waals surface area contributed by atoms with E-state index in [0.717, 1.165) is 16.8 Å². The average Bonchev–Trinajstić information content (AvgIpc) is 2.56. The van der Waals surface area contributed by atoms with Crippen molar-refractivity contribution in [1.82, 2.24) is 0 Å². The lowest BCUT2D eigenvalue weighted by molar-refractivity contribution is -0.118. The summed E-state index contributed by atoms with van der Waals surface area (Å²) >= 11 is 0. The first-order valence-corrected chi connectivity index (χ1v) is 7.18. The van der Waals surface area contributed by atoms with Crippen LogP contribution in [-0.4, -0.2) is 25.6 Å². The largest absolute Gasteiger partial charge is 0.484 e. The van der Waals surface area contributed by atoms with Crippen LogP contribution in [0.25, 0.3) is 0 Å². The van der Waals surface area contributed by atoms with Crippen LogP contribution in [0.4, 0.5) is 5.69 Å². The number of esters is 1. The summed E-state index contributed by atoms with van der Waals surface area (Å²) in [7, 11) is 1.32. The van der Waals surface area contributed by atoms with Crippen molar-refractivity contribution in [2.45, 2.75) is 13.8 Å². The van der Waals surface area contributed by atoms with Gasteiger partial charge in [0.05, 0.1) is 12.7 Å². The fourth-order valence-corrected chi connectivity index (χ4v) is 2.14. The summed E-state index contributed by atoms with van der Waals surface area (Å²) < 4.78 is 10.0. The van der Waals surface area contributed by atoms with E-state index in [9.17, 15) is 9.59 Å². The number of hydrogen-bond acceptors (Lipinski definition) is 4. The van der Waals surface area contributed by atoms with E-state index in [2.05, 4.69) is 10.1 Å². The zero-order chi connectivity index (χ0) is 16.8. The molecule has 2 rings (SSSR count). The molecule has 1 amide bonds. The Balaban J connectivity index is 1.93. The van der Waals surface area contributed by atoms with Crippen LogP contribution in [0.2, 0.25) is 0 Å². The summed E-state index contributed by atoms with van der Waals surface area (Å²) in [5.74, 6) is -0.141. The van der Waals surface area contributed by atoms with Gasteiger partial charge in [0.25, 0.3) is 5.91 Å². The predicted octanol–water partition coefficient (Wildman–Crippen LogP) is 3.11. The van der Waals surface area contributed by atoms with Crippen molar-refractivity contribution in [2.24, 2.45) is 0 Å². The van der Waals surface area contributed by atoms with Crippen molar-refractivity contribution >= 4 is 17.6 Å². The second-order valence-electron chi connectivity index (χ2n) is 5.12. The van der Waals surface area contributed by atoms with Gasteiger partial charge in [0.15, 0.2) is 6.61 Å². The fourth-order valence-electron chi connectivity index (χ4n) is 2.14. The van der Waals surface area contributed by atoms with E-state index < -0.39 is 5.97 Å². The maximum absolute atomic E-state index is 12.0. The van der Waals surface area contributed by atoms with Gasteiger partial charge in [-0.2, -0.15) is 0 Å². The van der Waals surface area contributed by atoms with Crippen molar-refractivity contribution < 1.29 is 19.1 Å². The average molecular weight is 313 g/mol. The Hall–Kier alpha value is -2.82. The second-order valence-corrected chi connectivity index (χ2v) is 5.12. The number of nitrogens with one attached hydrogen (secondary N) is 1. The fraction of sp³-hybridized carbons (Fsp3) is 0.222. The number of hydrogen-bond donors (Lipinski definition) is 1. The Bertz CT molecular complexity index is 687. The van der Waals surface area contributed by atoms with Gasteiger partial charge in [0.1, 0.15) is 5.75 Å². The third-order valence-corrected chi connectivity index (χ3v) is 3.39. The maximum atomic E-state index is 12.0. The van der Waals surface area contributed by atoms with E-state index in [4.69, 9.17) is 4.74 Å². The minimum absolute atomic E-state index is 0.106. The Morgan fingerprint density at radius 2 is 1.61 bits per heavy atom. The molecule has 2 aromatic carbocycles. The minimum atomic E-state index is -0.413. The molecule has 23 heavy (non-hydrogen) atoms. The van der Waals surface area contributed by atoms with Gasteiger partial charge in [-0.15, -0.1) is 0 Å². The van der Waals surface area contributed by atoms with Crippen LogP contribution >= 0.6 is 0 Å². The van der Waals surface area contributed by atoms with Gasteiger partial charge in [-0.25, -0.2) is 4.79 Å². The lowest BCUT2D eigenvalue weighted by atomic mass is 10.1. The van der Waals surface area contributed by atoms with Gasteiger partial charge in [-0.05, 0) is 49.2 Å². The smallest absolute Gasteiger partial charge is 0.337 e. The van der Waals surface area contributed by atoms with Gasteiger partial charge >= 0.3 is 5.97 Å². The molecule has 0 heterocycles. The molecular formula is C18H19NO4. The number of methoxy groups -OCH3 is 1. The molecule has 0 aliphatic heterocycles. The number of rotatable bonds is 5. The molecule has 120 valence electrons. The normalized spacial score (nSPS) is 10.0. The van der Waals surface area contributed by atoms with Crippen LogP contribution in [0.15, 0.2) is 42.5 Å². The Morgan fingerprint density at radius 3 is 2.17 bits per heavy atom. The van der Waals surface area contributed by atoms with Crippen LogP contribution in [-0.2, 0) is 9.53 Å². The summed E-state index contributed by atoms with van der Waals surface area (Å²) in [4.78, 5) is 23.3. The van der Waals surface area contributed by atoms with Crippen molar-refractivity contribution in [2.75, 3.05) is 19.0 Å². The number of carbonyl (C=O) groups excluding carboxylic acids is 2. The zero-order valence-corrected chi connectivity index (χ0v) is 13.4. The maximum Gasteiger partial charge on any atom is 0.337 e. The van der Waals surface area contributed by atoms with Crippen LogP contribution in [0.1, 0.15) is 21.5 Å². The Labute approximate surface area is 135 Å². The van der Waals surface area contributed by atoms with Gasteiger partial charge in [-0.1, -0.05) is 18.2 Å². The summed E-state index contributed by atoms with van der Waals surface area (Å²) in [6.45, 7) is 3.77. The Morgan fingerprint density at radius 1 is 1.00 bits per heavy atom. The molecule has 5 heteroatoms. The molecule has 2 aromatic rings. The van der Waals surface area contributed by atoms with Crippen molar-refractivity contribution in [1.29, 1.82) is 0 Å². The molecule has 5 nitrogen and oxygen atoms in total. The molecule has 0 bridgehead atoms. The van der Waals surface area contributed by atoms with Gasteiger partial charge < -0.3 is 14.8 Å². The molecule has 0 unspecified atom stereocenters. The van der Waals surface area contributed by atoms with Crippen LogP contribution in [0.5, 0.6) is 5.75 Å². The molecule has 0 aromatic heterocycles. The molecular weight excluding hydrogens is 294 g/mol. The standard InChI is InChI=1S/C18H19NO4/c1-12-5-4-6-13(2)17(12)19-16(20)11-23-15-9-7-14(8-10-15)18(21)22-3/h4-10H,11H2,1-3H3,(H,19,20). The highest BCUT2D eigenvalue weighted by Crippen LogP contribution is 2.19. The third kappa shape index (κ3) is 4.32. The quantitative estimate of drug-likeness (QED) is 0.861. The molecule has 0 aliphatic carbocycles. The van der Waals surface area contributed by atoms with Crippen molar-refractivity contribution in [3.8, 4) is 5.75 Å². The molecule has 0 aliphatic rings. The van der Waals surface area contributed by atoms with E-state index in [1.807, 2.05) is 32.0 Å². The van der Waals surface area contributed by atoms with E-state index >= 15 is 0 Å². The highest BCUT2D eigenvalue weighted by molar-refractivity contribution is 5.93. The molecule has 0 fully saturated rings. The molecule has 0 saturated carbocycles. The van der Waals surface area contributed by atoms with E-state index in [1.165, 1.54) is 7.11 Å². The number of anilines is 1. The minimum Gasteiger partial charge on any atom is -0.484 e. The van der Waals surface area contributed by atoms with Crippen LogP contribution in [0.3, 0.4) is 0 Å². The lowest BCUT2D eigenvalue weighted by Gasteiger charge is -2.12. The first-order valence-electron chi connectivity index (χ1n) is 7.18. The predicted molar refractivity (Wildman–Crippen MR) is 87.8 cm³/mol. The summed E-state index contributed by atoms with van der Waals surface area (Å²) in [5.41, 5.74) is 3.24. The summed E-state index contributed by atoms with van der Waals surface area (Å²) in [5, 5.41) is 2.85. The van der Waals surface area contributed by atoms with E-state index in [0.29, 0.717) is 11.3 Å². The van der Waals surface area contributed by atoms with Gasteiger partial charge in [0, 0.05) is 5.69 Å². The van der Waals surface area contributed by atoms with E-state index in [-0.39, 0.29) is 12.5 Å². The van der Waals surface area contributed by atoms with Gasteiger partial charge in [0.2, 0.25) is 0 Å². The van der Waals surface area contributed by atoms with Crippen molar-refractivity contribution in [3.05, 3.63) is 59.2 Å². The zero-order valence-electron chi connectivity index (χ0n) is 13.4. The van der Waals surface area contributed by atoms with Crippen molar-refractivity contribution in [3.63, 3.8) is 0 Å². The molecule has 0 radical (unpaired) electrons. The van der Waals surface area contributed by atoms with E-state index in [1.54, 1.807) is 24.3 Å². The summed E-state index contributed by atoms with van der Waals surface area (Å²) in [6, 6.07) is 12.2. The van der Waals surface area contributed by atoms with Crippen LogP contribution < -0.4 is 10.1 Å². The highest BCUT2D eigenvalue weighted by Gasteiger charge is 2.09. The molecule has 0 saturated heterocycles. The first kappa shape index (κ1) is 16.5. The Kier molecular flexibility index (Phi) is 5.36. The molecule has 0 atom stereocenters. The summed E-state index contributed by atoms with van der Waals surface area (Å²) in [6.07, 6.45) is 0.